The van der Waals surface area contributed by atoms with Crippen LogP contribution in [0.1, 0.15) is 12.8 Å². The highest BCUT2D eigenvalue weighted by atomic mass is 16.5. The maximum Gasteiger partial charge on any atom is 0.245 e. The van der Waals surface area contributed by atoms with E-state index < -0.39 is 0 Å². The van der Waals surface area contributed by atoms with Gasteiger partial charge in [-0.15, -0.1) is 5.10 Å². The number of aliphatic hydroxyl groups is 1. The predicted octanol–water partition coefficient (Wildman–Crippen LogP) is 3.27. The van der Waals surface area contributed by atoms with Crippen LogP contribution in [0.15, 0.2) is 67.1 Å². The van der Waals surface area contributed by atoms with Gasteiger partial charge >= 0.3 is 0 Å². The number of benzene rings is 2. The van der Waals surface area contributed by atoms with Crippen molar-refractivity contribution in [3.8, 4) is 16.9 Å². The van der Waals surface area contributed by atoms with Gasteiger partial charge < -0.3 is 25.0 Å². The van der Waals surface area contributed by atoms with Gasteiger partial charge in [0.05, 0.1) is 30.7 Å². The monoisotopic (exact) mass is 498 g/mol. The molecule has 0 bridgehead atoms. The van der Waals surface area contributed by atoms with Crippen molar-refractivity contribution in [2.45, 2.75) is 18.9 Å². The molecule has 37 heavy (non-hydrogen) atoms. The van der Waals surface area contributed by atoms with Crippen LogP contribution in [-0.2, 0) is 4.74 Å². The molecule has 6 rings (SSSR count). The average molecular weight is 499 g/mol. The van der Waals surface area contributed by atoms with E-state index in [9.17, 15) is 5.11 Å². The smallest absolute Gasteiger partial charge is 0.245 e. The number of hydrogen-bond acceptors (Lipinski definition) is 9. The number of piperidine rings is 1. The van der Waals surface area contributed by atoms with Gasteiger partial charge in [0.25, 0.3) is 0 Å². The van der Waals surface area contributed by atoms with Crippen molar-refractivity contribution in [2.75, 3.05) is 54.5 Å². The first-order chi connectivity index (χ1) is 18.2. The number of rotatable bonds is 6. The lowest BCUT2D eigenvalue weighted by molar-refractivity contribution is 0.122. The standard InChI is InChI=1S/C27H30N8O2/c36-24-5-2-12-34(18-24)27-29-19-35(32-27)22-8-6-21(7-9-22)30-26-28-11-10-25(31-26)20-3-1-4-23(17-20)33-13-15-37-16-14-33/h1,3-4,6-11,17,19,24,36H,2,5,12-16,18H2,(H,28,30,31). The summed E-state index contributed by atoms with van der Waals surface area (Å²) in [6, 6.07) is 18.2. The lowest BCUT2D eigenvalue weighted by Crippen LogP contribution is -2.38. The molecule has 2 aliphatic rings. The van der Waals surface area contributed by atoms with Crippen molar-refractivity contribution >= 4 is 23.3 Å². The highest BCUT2D eigenvalue weighted by Crippen LogP contribution is 2.25. The van der Waals surface area contributed by atoms with Crippen LogP contribution in [0.5, 0.6) is 0 Å². The van der Waals surface area contributed by atoms with Gasteiger partial charge in [-0.1, -0.05) is 12.1 Å². The highest BCUT2D eigenvalue weighted by Gasteiger charge is 2.21. The van der Waals surface area contributed by atoms with E-state index in [4.69, 9.17) is 9.72 Å². The largest absolute Gasteiger partial charge is 0.391 e. The topological polar surface area (TPSA) is 104 Å². The Hall–Kier alpha value is -4.02. The molecular formula is C27H30N8O2. The molecule has 2 aliphatic heterocycles. The van der Waals surface area contributed by atoms with Crippen LogP contribution in [0.3, 0.4) is 0 Å². The summed E-state index contributed by atoms with van der Waals surface area (Å²) in [5.41, 5.74) is 4.87. The zero-order chi connectivity index (χ0) is 25.0. The first-order valence-corrected chi connectivity index (χ1v) is 12.7. The first-order valence-electron chi connectivity index (χ1n) is 12.7. The summed E-state index contributed by atoms with van der Waals surface area (Å²) in [5, 5.41) is 17.8. The van der Waals surface area contributed by atoms with E-state index in [1.165, 1.54) is 5.69 Å². The summed E-state index contributed by atoms with van der Waals surface area (Å²) in [6.07, 6.45) is 4.93. The molecule has 0 radical (unpaired) electrons. The Labute approximate surface area is 215 Å². The number of aromatic nitrogens is 5. The minimum Gasteiger partial charge on any atom is -0.391 e. The minimum absolute atomic E-state index is 0.319. The van der Waals surface area contributed by atoms with Crippen molar-refractivity contribution in [3.05, 3.63) is 67.1 Å². The predicted molar refractivity (Wildman–Crippen MR) is 143 cm³/mol. The summed E-state index contributed by atoms with van der Waals surface area (Å²) in [4.78, 5) is 18.0. The molecule has 2 saturated heterocycles. The van der Waals surface area contributed by atoms with E-state index in [-0.39, 0.29) is 6.10 Å². The first kappa shape index (κ1) is 23.4. The molecule has 2 aromatic carbocycles. The molecular weight excluding hydrogens is 468 g/mol. The van der Waals surface area contributed by atoms with Gasteiger partial charge in [-0.2, -0.15) is 4.98 Å². The lowest BCUT2D eigenvalue weighted by Gasteiger charge is -2.29. The van der Waals surface area contributed by atoms with Crippen molar-refractivity contribution in [1.29, 1.82) is 0 Å². The van der Waals surface area contributed by atoms with Crippen molar-refractivity contribution in [1.82, 2.24) is 24.7 Å². The second-order valence-electron chi connectivity index (χ2n) is 9.32. The van der Waals surface area contributed by atoms with Crippen LogP contribution < -0.4 is 15.1 Å². The molecule has 2 N–H and O–H groups in total. The van der Waals surface area contributed by atoms with Crippen LogP contribution in [0.4, 0.5) is 23.3 Å². The minimum atomic E-state index is -0.319. The summed E-state index contributed by atoms with van der Waals surface area (Å²) in [7, 11) is 0. The molecule has 0 saturated carbocycles. The molecule has 1 unspecified atom stereocenters. The maximum atomic E-state index is 9.94. The van der Waals surface area contributed by atoms with Gasteiger partial charge in [-0.3, -0.25) is 0 Å². The Balaban J connectivity index is 1.14. The van der Waals surface area contributed by atoms with Gasteiger partial charge in [0.15, 0.2) is 0 Å². The number of β-amino-alcohol motifs (C(OH)–C–C–N with tert-alkyl or cyclic N) is 1. The average Bonchev–Trinajstić information content (AvgIpc) is 3.45. The summed E-state index contributed by atoms with van der Waals surface area (Å²) < 4.78 is 7.23. The molecule has 0 aliphatic carbocycles. The third-order valence-electron chi connectivity index (χ3n) is 6.72. The Morgan fingerprint density at radius 1 is 0.919 bits per heavy atom. The molecule has 10 nitrogen and oxygen atoms in total. The number of morpholine rings is 1. The quantitative estimate of drug-likeness (QED) is 0.414. The van der Waals surface area contributed by atoms with Gasteiger partial charge in [0.1, 0.15) is 6.33 Å². The van der Waals surface area contributed by atoms with E-state index >= 15 is 0 Å². The second-order valence-corrected chi connectivity index (χ2v) is 9.32. The molecule has 2 aromatic heterocycles. The Morgan fingerprint density at radius 2 is 1.78 bits per heavy atom. The van der Waals surface area contributed by atoms with E-state index in [1.54, 1.807) is 17.2 Å². The zero-order valence-corrected chi connectivity index (χ0v) is 20.6. The Morgan fingerprint density at radius 3 is 2.62 bits per heavy atom. The summed E-state index contributed by atoms with van der Waals surface area (Å²) in [6.45, 7) is 4.74. The van der Waals surface area contributed by atoms with Gasteiger partial charge in [-0.05, 0) is 55.3 Å². The van der Waals surface area contributed by atoms with Crippen molar-refractivity contribution in [2.24, 2.45) is 0 Å². The van der Waals surface area contributed by atoms with Gasteiger partial charge in [-0.25, -0.2) is 14.6 Å². The number of nitrogens with one attached hydrogen (secondary N) is 1. The Bertz CT molecular complexity index is 1340. The van der Waals surface area contributed by atoms with Crippen LogP contribution >= 0.6 is 0 Å². The van der Waals surface area contributed by atoms with Crippen molar-refractivity contribution < 1.29 is 9.84 Å². The molecule has 10 heteroatoms. The molecule has 4 aromatic rings. The number of anilines is 4. The fraction of sp³-hybridized carbons (Fsp3) is 0.333. The number of nitrogens with zero attached hydrogens (tertiary/aromatic N) is 7. The van der Waals surface area contributed by atoms with E-state index in [2.05, 4.69) is 49.5 Å². The van der Waals surface area contributed by atoms with Crippen LogP contribution in [0.2, 0.25) is 0 Å². The van der Waals surface area contributed by atoms with Gasteiger partial charge in [0, 0.05) is 49.3 Å². The third kappa shape index (κ3) is 5.40. The molecule has 190 valence electrons. The second kappa shape index (κ2) is 10.5. The van der Waals surface area contributed by atoms with Crippen LogP contribution in [0.25, 0.3) is 16.9 Å². The maximum absolute atomic E-state index is 9.94. The third-order valence-corrected chi connectivity index (χ3v) is 6.72. The molecule has 0 amide bonds. The highest BCUT2D eigenvalue weighted by molar-refractivity contribution is 5.67. The molecule has 2 fully saturated rings. The summed E-state index contributed by atoms with van der Waals surface area (Å²) in [5.74, 6) is 1.18. The summed E-state index contributed by atoms with van der Waals surface area (Å²) >= 11 is 0. The Kier molecular flexibility index (Phi) is 6.66. The molecule has 1 atom stereocenters. The number of aliphatic hydroxyl groups excluding tert-OH is 1. The van der Waals surface area contributed by atoms with Gasteiger partial charge in [0.2, 0.25) is 11.9 Å². The lowest BCUT2D eigenvalue weighted by atomic mass is 10.1. The zero-order valence-electron chi connectivity index (χ0n) is 20.6. The number of hydrogen-bond donors (Lipinski definition) is 2. The van der Waals surface area contributed by atoms with E-state index in [0.29, 0.717) is 18.4 Å². The van der Waals surface area contributed by atoms with E-state index in [1.807, 2.05) is 35.2 Å². The SMILES string of the molecule is OC1CCCN(c2ncn(-c3ccc(Nc4nccc(-c5cccc(N6CCOCC6)c5)n4)cc3)n2)C1. The van der Waals surface area contributed by atoms with E-state index in [0.717, 1.165) is 68.3 Å². The van der Waals surface area contributed by atoms with Crippen LogP contribution in [-0.4, -0.2) is 75.3 Å². The normalized spacial score (nSPS) is 18.1. The van der Waals surface area contributed by atoms with Crippen molar-refractivity contribution in [3.63, 3.8) is 0 Å². The molecule has 0 spiro atoms. The van der Waals surface area contributed by atoms with Crippen LogP contribution in [0, 0.1) is 0 Å². The fourth-order valence-corrected chi connectivity index (χ4v) is 4.75. The fourth-order valence-electron chi connectivity index (χ4n) is 4.75. The number of ether oxygens (including phenoxy) is 1. The molecule has 4 heterocycles.